The van der Waals surface area contributed by atoms with E-state index in [1.807, 2.05) is 39.0 Å². The third-order valence-corrected chi connectivity index (χ3v) is 2.48. The number of rotatable bonds is 2. The number of aromatic nitrogens is 1. The van der Waals surface area contributed by atoms with E-state index in [-0.39, 0.29) is 5.78 Å². The van der Waals surface area contributed by atoms with E-state index in [0.29, 0.717) is 5.69 Å². The number of ketones is 1. The summed E-state index contributed by atoms with van der Waals surface area (Å²) in [4.78, 5) is 16.2. The first kappa shape index (κ1) is 11.6. The molecule has 17 heavy (non-hydrogen) atoms. The molecule has 0 amide bonds. The summed E-state index contributed by atoms with van der Waals surface area (Å²) in [7, 11) is 0. The second-order valence-electron chi connectivity index (χ2n) is 4.99. The van der Waals surface area contributed by atoms with E-state index in [9.17, 15) is 4.79 Å². The quantitative estimate of drug-likeness (QED) is 0.739. The molecule has 3 heteroatoms. The van der Waals surface area contributed by atoms with E-state index >= 15 is 0 Å². The lowest BCUT2D eigenvalue weighted by atomic mass is 9.88. The fraction of sp³-hybridized carbons (Fsp3) is 0.286. The summed E-state index contributed by atoms with van der Waals surface area (Å²) in [5.74, 6) is 0.779. The Morgan fingerprint density at radius 1 is 1.29 bits per heavy atom. The van der Waals surface area contributed by atoms with Gasteiger partial charge in [-0.05, 0) is 24.3 Å². The topological polar surface area (TPSA) is 43.1 Å². The van der Waals surface area contributed by atoms with Gasteiger partial charge in [0.1, 0.15) is 11.5 Å². The van der Waals surface area contributed by atoms with Gasteiger partial charge in [0, 0.05) is 17.2 Å². The number of hydrogen-bond acceptors (Lipinski definition) is 3. The van der Waals surface area contributed by atoms with Crippen molar-refractivity contribution < 1.29 is 9.21 Å². The largest absolute Gasteiger partial charge is 0.464 e. The first-order valence-electron chi connectivity index (χ1n) is 5.53. The van der Waals surface area contributed by atoms with Gasteiger partial charge >= 0.3 is 0 Å². The molecule has 2 aromatic heterocycles. The van der Waals surface area contributed by atoms with Gasteiger partial charge in [-0.1, -0.05) is 20.8 Å². The van der Waals surface area contributed by atoms with E-state index in [0.717, 1.165) is 11.3 Å². The smallest absolute Gasteiger partial charge is 0.186 e. The van der Waals surface area contributed by atoms with Crippen LogP contribution in [0.15, 0.2) is 41.1 Å². The molecular formula is C14H15NO2. The van der Waals surface area contributed by atoms with Crippen molar-refractivity contribution in [2.24, 2.45) is 5.41 Å². The Balaban J connectivity index is 2.39. The Morgan fingerprint density at radius 2 is 2.06 bits per heavy atom. The minimum Gasteiger partial charge on any atom is -0.464 e. The van der Waals surface area contributed by atoms with Crippen molar-refractivity contribution in [2.45, 2.75) is 20.8 Å². The molecule has 0 radical (unpaired) electrons. The standard InChI is InChI=1S/C14H15NO2/c1-14(2,3)13(16)11-9-10(6-7-15-11)12-5-4-8-17-12/h4-9H,1-3H3. The molecule has 0 saturated carbocycles. The highest BCUT2D eigenvalue weighted by Gasteiger charge is 2.24. The molecule has 0 unspecified atom stereocenters. The molecular weight excluding hydrogens is 214 g/mol. The van der Waals surface area contributed by atoms with Gasteiger partial charge in [-0.25, -0.2) is 0 Å². The zero-order chi connectivity index (χ0) is 12.5. The zero-order valence-corrected chi connectivity index (χ0v) is 10.2. The maximum atomic E-state index is 12.1. The van der Waals surface area contributed by atoms with Crippen LogP contribution in [-0.4, -0.2) is 10.8 Å². The van der Waals surface area contributed by atoms with Crippen LogP contribution in [0.2, 0.25) is 0 Å². The number of Topliss-reactive ketones (excluding diaryl/α,β-unsaturated/α-hetero) is 1. The van der Waals surface area contributed by atoms with Gasteiger partial charge in [-0.3, -0.25) is 9.78 Å². The van der Waals surface area contributed by atoms with Gasteiger partial charge in [0.2, 0.25) is 0 Å². The van der Waals surface area contributed by atoms with Crippen molar-refractivity contribution in [1.82, 2.24) is 4.98 Å². The third kappa shape index (κ3) is 2.44. The maximum absolute atomic E-state index is 12.1. The van der Waals surface area contributed by atoms with Crippen LogP contribution in [0.3, 0.4) is 0 Å². The summed E-state index contributed by atoms with van der Waals surface area (Å²) in [6.45, 7) is 5.66. The number of carbonyl (C=O) groups is 1. The van der Waals surface area contributed by atoms with Crippen LogP contribution in [-0.2, 0) is 0 Å². The summed E-state index contributed by atoms with van der Waals surface area (Å²) in [6.07, 6.45) is 3.25. The van der Waals surface area contributed by atoms with E-state index in [4.69, 9.17) is 4.42 Å². The van der Waals surface area contributed by atoms with Crippen molar-refractivity contribution >= 4 is 5.78 Å². The molecule has 0 bridgehead atoms. The Bertz CT molecular complexity index is 521. The normalized spacial score (nSPS) is 11.5. The fourth-order valence-electron chi connectivity index (χ4n) is 1.54. The highest BCUT2D eigenvalue weighted by molar-refractivity contribution is 5.98. The lowest BCUT2D eigenvalue weighted by molar-refractivity contribution is 0.0853. The van der Waals surface area contributed by atoms with Crippen LogP contribution in [0.1, 0.15) is 31.3 Å². The average Bonchev–Trinajstić information content (AvgIpc) is 2.80. The molecule has 0 aliphatic heterocycles. The van der Waals surface area contributed by atoms with Crippen molar-refractivity contribution in [3.8, 4) is 11.3 Å². The van der Waals surface area contributed by atoms with Crippen LogP contribution < -0.4 is 0 Å². The van der Waals surface area contributed by atoms with Gasteiger partial charge in [0.15, 0.2) is 5.78 Å². The molecule has 0 N–H and O–H groups in total. The van der Waals surface area contributed by atoms with Crippen molar-refractivity contribution in [2.75, 3.05) is 0 Å². The van der Waals surface area contributed by atoms with Gasteiger partial charge in [0.05, 0.1) is 6.26 Å². The number of pyridine rings is 1. The van der Waals surface area contributed by atoms with Crippen LogP contribution in [0.4, 0.5) is 0 Å². The zero-order valence-electron chi connectivity index (χ0n) is 10.2. The number of carbonyl (C=O) groups excluding carboxylic acids is 1. The molecule has 2 heterocycles. The summed E-state index contributed by atoms with van der Waals surface area (Å²) in [5, 5.41) is 0. The summed E-state index contributed by atoms with van der Waals surface area (Å²) < 4.78 is 5.30. The lowest BCUT2D eigenvalue weighted by Gasteiger charge is -2.15. The predicted molar refractivity (Wildman–Crippen MR) is 65.7 cm³/mol. The van der Waals surface area contributed by atoms with Crippen LogP contribution in [0, 0.1) is 5.41 Å². The highest BCUT2D eigenvalue weighted by Crippen LogP contribution is 2.24. The second-order valence-corrected chi connectivity index (χ2v) is 4.99. The molecule has 0 atom stereocenters. The van der Waals surface area contributed by atoms with Crippen molar-refractivity contribution in [3.05, 3.63) is 42.4 Å². The molecule has 2 aromatic rings. The Labute approximate surface area is 100 Å². The molecule has 88 valence electrons. The average molecular weight is 229 g/mol. The van der Waals surface area contributed by atoms with Crippen LogP contribution >= 0.6 is 0 Å². The van der Waals surface area contributed by atoms with Gasteiger partial charge in [-0.2, -0.15) is 0 Å². The van der Waals surface area contributed by atoms with Gasteiger partial charge in [0.25, 0.3) is 0 Å². The van der Waals surface area contributed by atoms with Crippen LogP contribution in [0.25, 0.3) is 11.3 Å². The minimum atomic E-state index is -0.422. The van der Waals surface area contributed by atoms with E-state index in [1.54, 1.807) is 18.5 Å². The van der Waals surface area contributed by atoms with Crippen LogP contribution in [0.5, 0.6) is 0 Å². The second kappa shape index (κ2) is 4.17. The van der Waals surface area contributed by atoms with E-state index < -0.39 is 5.41 Å². The minimum absolute atomic E-state index is 0.0332. The summed E-state index contributed by atoms with van der Waals surface area (Å²) >= 11 is 0. The molecule has 0 aromatic carbocycles. The van der Waals surface area contributed by atoms with Gasteiger partial charge in [-0.15, -0.1) is 0 Å². The van der Waals surface area contributed by atoms with Crippen molar-refractivity contribution in [3.63, 3.8) is 0 Å². The molecule has 0 fully saturated rings. The van der Waals surface area contributed by atoms with E-state index in [1.165, 1.54) is 0 Å². The fourth-order valence-corrected chi connectivity index (χ4v) is 1.54. The molecule has 0 aliphatic carbocycles. The summed E-state index contributed by atoms with van der Waals surface area (Å²) in [5.41, 5.74) is 0.929. The molecule has 3 nitrogen and oxygen atoms in total. The number of furan rings is 1. The Kier molecular flexibility index (Phi) is 2.84. The van der Waals surface area contributed by atoms with Gasteiger partial charge < -0.3 is 4.42 Å². The molecule has 0 spiro atoms. The van der Waals surface area contributed by atoms with E-state index in [2.05, 4.69) is 4.98 Å². The first-order chi connectivity index (χ1) is 7.98. The SMILES string of the molecule is CC(C)(C)C(=O)c1cc(-c2ccco2)ccn1. The summed E-state index contributed by atoms with van der Waals surface area (Å²) in [6, 6.07) is 7.28. The van der Waals surface area contributed by atoms with Crippen molar-refractivity contribution in [1.29, 1.82) is 0 Å². The Hall–Kier alpha value is -1.90. The predicted octanol–water partition coefficient (Wildman–Crippen LogP) is 3.57. The molecule has 2 rings (SSSR count). The first-order valence-corrected chi connectivity index (χ1v) is 5.53. The molecule has 0 aliphatic rings. The molecule has 0 saturated heterocycles. The monoisotopic (exact) mass is 229 g/mol. The number of nitrogens with zero attached hydrogens (tertiary/aromatic N) is 1. The third-order valence-electron chi connectivity index (χ3n) is 2.48. The Morgan fingerprint density at radius 3 is 2.65 bits per heavy atom. The highest BCUT2D eigenvalue weighted by atomic mass is 16.3. The maximum Gasteiger partial charge on any atom is 0.186 e. The lowest BCUT2D eigenvalue weighted by Crippen LogP contribution is -2.21. The number of hydrogen-bond donors (Lipinski definition) is 0.